The lowest BCUT2D eigenvalue weighted by Gasteiger charge is -2.44. The molecule has 0 radical (unpaired) electrons. The first-order valence-electron chi connectivity index (χ1n) is 11.4. The van der Waals surface area contributed by atoms with Gasteiger partial charge in [-0.25, -0.2) is 4.39 Å². The molecule has 2 heterocycles. The van der Waals surface area contributed by atoms with Crippen LogP contribution in [-0.2, 0) is 9.59 Å². The standard InChI is InChI=1S/C26H31FN2O3/c1-17-14-18(2)16-28(15-17)26(31)23-12-13-24(30)29(21-8-10-22(32-3)11-9-21)25(23)19-4-6-20(27)7-5-19/h4-11,17-18,23,25H,12-16H2,1-3H3/t17-,18+,23-,25-/m0/s1. The molecule has 170 valence electrons. The maximum atomic E-state index is 13.8. The third-order valence-electron chi connectivity index (χ3n) is 6.66. The number of hydrogen-bond donors (Lipinski definition) is 0. The van der Waals surface area contributed by atoms with Gasteiger partial charge >= 0.3 is 0 Å². The fourth-order valence-electron chi connectivity index (χ4n) is 5.32. The molecule has 0 N–H and O–H groups in total. The number of rotatable bonds is 4. The average molecular weight is 439 g/mol. The van der Waals surface area contributed by atoms with Crippen LogP contribution in [0.2, 0.25) is 0 Å². The summed E-state index contributed by atoms with van der Waals surface area (Å²) in [5.41, 5.74) is 1.48. The van der Waals surface area contributed by atoms with Crippen LogP contribution in [0.25, 0.3) is 0 Å². The molecular formula is C26H31FN2O3. The van der Waals surface area contributed by atoms with Crippen LogP contribution in [0.15, 0.2) is 48.5 Å². The Hall–Kier alpha value is -2.89. The molecule has 2 saturated heterocycles. The van der Waals surface area contributed by atoms with E-state index in [0.717, 1.165) is 25.1 Å². The van der Waals surface area contributed by atoms with Crippen LogP contribution in [0, 0.1) is 23.6 Å². The fourth-order valence-corrected chi connectivity index (χ4v) is 5.32. The summed E-state index contributed by atoms with van der Waals surface area (Å²) >= 11 is 0. The third kappa shape index (κ3) is 4.50. The van der Waals surface area contributed by atoms with Crippen molar-refractivity contribution in [2.45, 2.75) is 39.2 Å². The molecule has 0 aromatic heterocycles. The van der Waals surface area contributed by atoms with Crippen LogP contribution in [-0.4, -0.2) is 36.9 Å². The van der Waals surface area contributed by atoms with Crippen molar-refractivity contribution in [2.75, 3.05) is 25.1 Å². The van der Waals surface area contributed by atoms with E-state index in [4.69, 9.17) is 4.74 Å². The molecule has 2 aliphatic rings. The molecule has 4 rings (SSSR count). The van der Waals surface area contributed by atoms with E-state index in [1.165, 1.54) is 12.1 Å². The Labute approximate surface area is 189 Å². The molecule has 0 saturated carbocycles. The molecule has 4 atom stereocenters. The highest BCUT2D eigenvalue weighted by atomic mass is 19.1. The zero-order chi connectivity index (χ0) is 22.8. The van der Waals surface area contributed by atoms with Crippen molar-refractivity contribution in [1.82, 2.24) is 4.90 Å². The molecule has 0 aliphatic carbocycles. The molecular weight excluding hydrogens is 407 g/mol. The van der Waals surface area contributed by atoms with E-state index in [-0.39, 0.29) is 23.5 Å². The topological polar surface area (TPSA) is 49.9 Å². The summed E-state index contributed by atoms with van der Waals surface area (Å²) in [4.78, 5) is 30.6. The number of benzene rings is 2. The van der Waals surface area contributed by atoms with Gasteiger partial charge in [-0.05, 0) is 66.6 Å². The Morgan fingerprint density at radius 2 is 1.62 bits per heavy atom. The van der Waals surface area contributed by atoms with Gasteiger partial charge in [-0.1, -0.05) is 26.0 Å². The Morgan fingerprint density at radius 3 is 2.22 bits per heavy atom. The number of carbonyl (C=O) groups is 2. The van der Waals surface area contributed by atoms with Gasteiger partial charge in [0, 0.05) is 25.2 Å². The third-order valence-corrected chi connectivity index (χ3v) is 6.66. The summed E-state index contributed by atoms with van der Waals surface area (Å²) < 4.78 is 19.0. The highest BCUT2D eigenvalue weighted by molar-refractivity contribution is 5.97. The van der Waals surface area contributed by atoms with Gasteiger partial charge in [-0.3, -0.25) is 9.59 Å². The largest absolute Gasteiger partial charge is 0.497 e. The Kier molecular flexibility index (Phi) is 6.49. The maximum absolute atomic E-state index is 13.8. The van der Waals surface area contributed by atoms with Gasteiger partial charge in [-0.15, -0.1) is 0 Å². The minimum absolute atomic E-state index is 0.0334. The van der Waals surface area contributed by atoms with Crippen molar-refractivity contribution >= 4 is 17.5 Å². The molecule has 2 aliphatic heterocycles. The first-order chi connectivity index (χ1) is 15.4. The average Bonchev–Trinajstić information content (AvgIpc) is 2.78. The summed E-state index contributed by atoms with van der Waals surface area (Å²) in [6.07, 6.45) is 1.91. The van der Waals surface area contributed by atoms with Gasteiger partial charge in [0.15, 0.2) is 0 Å². The molecule has 2 fully saturated rings. The van der Waals surface area contributed by atoms with E-state index in [1.807, 2.05) is 29.2 Å². The predicted octanol–water partition coefficient (Wildman–Crippen LogP) is 4.82. The number of halogens is 1. The summed E-state index contributed by atoms with van der Waals surface area (Å²) in [7, 11) is 1.59. The van der Waals surface area contributed by atoms with E-state index in [1.54, 1.807) is 24.1 Å². The second kappa shape index (κ2) is 9.31. The highest BCUT2D eigenvalue weighted by Gasteiger charge is 2.43. The SMILES string of the molecule is COc1ccc(N2C(=O)CC[C@H](C(=O)N3C[C@H](C)C[C@H](C)C3)[C@@H]2c2ccc(F)cc2)cc1. The van der Waals surface area contributed by atoms with Crippen molar-refractivity contribution in [3.05, 3.63) is 59.9 Å². The van der Waals surface area contributed by atoms with E-state index in [9.17, 15) is 14.0 Å². The van der Waals surface area contributed by atoms with Crippen molar-refractivity contribution in [2.24, 2.45) is 17.8 Å². The first kappa shape index (κ1) is 22.3. The smallest absolute Gasteiger partial charge is 0.228 e. The van der Waals surface area contributed by atoms with Crippen LogP contribution in [0.1, 0.15) is 44.7 Å². The van der Waals surface area contributed by atoms with E-state index < -0.39 is 6.04 Å². The molecule has 6 heteroatoms. The lowest BCUT2D eigenvalue weighted by molar-refractivity contribution is -0.141. The number of likely N-dealkylation sites (tertiary alicyclic amines) is 1. The van der Waals surface area contributed by atoms with Gasteiger partial charge in [-0.2, -0.15) is 0 Å². The Bertz CT molecular complexity index is 950. The molecule has 32 heavy (non-hydrogen) atoms. The zero-order valence-corrected chi connectivity index (χ0v) is 19.0. The molecule has 5 nitrogen and oxygen atoms in total. The van der Waals surface area contributed by atoms with Crippen molar-refractivity contribution < 1.29 is 18.7 Å². The van der Waals surface area contributed by atoms with Crippen LogP contribution < -0.4 is 9.64 Å². The Morgan fingerprint density at radius 1 is 1.00 bits per heavy atom. The number of nitrogens with zero attached hydrogens (tertiary/aromatic N) is 2. The molecule has 0 unspecified atom stereocenters. The fraction of sp³-hybridized carbons (Fsp3) is 0.462. The van der Waals surface area contributed by atoms with E-state index in [2.05, 4.69) is 13.8 Å². The number of anilines is 1. The number of hydrogen-bond acceptors (Lipinski definition) is 3. The van der Waals surface area contributed by atoms with Gasteiger partial charge in [0.2, 0.25) is 11.8 Å². The second-order valence-corrected chi connectivity index (χ2v) is 9.29. The molecule has 0 spiro atoms. The van der Waals surface area contributed by atoms with Gasteiger partial charge in [0.25, 0.3) is 0 Å². The molecule has 2 aromatic carbocycles. The number of piperidine rings is 2. The van der Waals surface area contributed by atoms with Crippen LogP contribution in [0.3, 0.4) is 0 Å². The number of ether oxygens (including phenoxy) is 1. The van der Waals surface area contributed by atoms with Crippen LogP contribution in [0.4, 0.5) is 10.1 Å². The maximum Gasteiger partial charge on any atom is 0.228 e. The number of methoxy groups -OCH3 is 1. The minimum Gasteiger partial charge on any atom is -0.497 e. The van der Waals surface area contributed by atoms with Crippen LogP contribution in [0.5, 0.6) is 5.75 Å². The number of amides is 2. The molecule has 2 amide bonds. The predicted molar refractivity (Wildman–Crippen MR) is 122 cm³/mol. The minimum atomic E-state index is -0.481. The van der Waals surface area contributed by atoms with Gasteiger partial charge in [0.1, 0.15) is 11.6 Å². The summed E-state index contributed by atoms with van der Waals surface area (Å²) in [5, 5.41) is 0. The van der Waals surface area contributed by atoms with Gasteiger partial charge in [0.05, 0.1) is 19.1 Å². The lowest BCUT2D eigenvalue weighted by atomic mass is 9.81. The van der Waals surface area contributed by atoms with Crippen molar-refractivity contribution in [3.8, 4) is 5.75 Å². The highest BCUT2D eigenvalue weighted by Crippen LogP contribution is 2.41. The zero-order valence-electron chi connectivity index (χ0n) is 19.0. The molecule has 2 aromatic rings. The van der Waals surface area contributed by atoms with Crippen molar-refractivity contribution in [1.29, 1.82) is 0 Å². The Balaban J connectivity index is 1.73. The summed E-state index contributed by atoms with van der Waals surface area (Å²) in [6, 6.07) is 13.0. The molecule has 0 bridgehead atoms. The van der Waals surface area contributed by atoms with E-state index in [0.29, 0.717) is 36.1 Å². The summed E-state index contributed by atoms with van der Waals surface area (Å²) in [6.45, 7) is 5.85. The van der Waals surface area contributed by atoms with Crippen LogP contribution >= 0.6 is 0 Å². The lowest BCUT2D eigenvalue weighted by Crippen LogP contribution is -2.52. The monoisotopic (exact) mass is 438 g/mol. The number of carbonyl (C=O) groups excluding carboxylic acids is 2. The second-order valence-electron chi connectivity index (χ2n) is 9.29. The quantitative estimate of drug-likeness (QED) is 0.688. The first-order valence-corrected chi connectivity index (χ1v) is 11.4. The van der Waals surface area contributed by atoms with Gasteiger partial charge < -0.3 is 14.5 Å². The normalized spacial score (nSPS) is 26.2. The summed E-state index contributed by atoms with van der Waals surface area (Å²) in [5.74, 6) is 0.939. The van der Waals surface area contributed by atoms with E-state index >= 15 is 0 Å². The van der Waals surface area contributed by atoms with Crippen molar-refractivity contribution in [3.63, 3.8) is 0 Å².